The number of hydrogen-bond donors (Lipinski definition) is 2. The number of rotatable bonds is 3. The average molecular weight is 256 g/mol. The second-order valence-electron chi connectivity index (χ2n) is 5.15. The Morgan fingerprint density at radius 1 is 1.35 bits per heavy atom. The van der Waals surface area contributed by atoms with Crippen molar-refractivity contribution in [2.45, 2.75) is 33.2 Å². The number of hydrogen-bond acceptors (Lipinski definition) is 3. The van der Waals surface area contributed by atoms with Gasteiger partial charge in [0.25, 0.3) is 0 Å². The number of anilines is 1. The molecule has 0 fully saturated rings. The highest BCUT2D eigenvalue weighted by atomic mass is 35.5. The Bertz CT molecular complexity index is 424. The Kier molecular flexibility index (Phi) is 3.79. The zero-order valence-corrected chi connectivity index (χ0v) is 11.3. The first-order valence-corrected chi connectivity index (χ1v) is 5.75. The third-order valence-electron chi connectivity index (χ3n) is 3.14. The van der Waals surface area contributed by atoms with Crippen LogP contribution in [0.2, 0.25) is 5.15 Å². The number of nitrogens with two attached hydrogens (primary N) is 1. The molecule has 0 saturated carbocycles. The molecule has 0 atom stereocenters. The molecule has 0 saturated heterocycles. The molecule has 0 bridgehead atoms. The summed E-state index contributed by atoms with van der Waals surface area (Å²) in [5.41, 5.74) is 4.65. The van der Waals surface area contributed by atoms with Crippen LogP contribution in [0.4, 0.5) is 5.82 Å². The van der Waals surface area contributed by atoms with E-state index >= 15 is 0 Å². The molecular formula is C12H18ClN3O. The molecule has 0 radical (unpaired) electrons. The Labute approximate surface area is 107 Å². The van der Waals surface area contributed by atoms with Gasteiger partial charge in [-0.25, -0.2) is 4.98 Å². The van der Waals surface area contributed by atoms with Gasteiger partial charge in [-0.3, -0.25) is 4.79 Å². The summed E-state index contributed by atoms with van der Waals surface area (Å²) in [6.07, 6.45) is 0. The number of amides is 1. The highest BCUT2D eigenvalue weighted by Gasteiger charge is 2.40. The summed E-state index contributed by atoms with van der Waals surface area (Å²) in [6, 6.07) is 5.06. The van der Waals surface area contributed by atoms with E-state index in [2.05, 4.69) is 10.3 Å². The van der Waals surface area contributed by atoms with Crippen molar-refractivity contribution in [2.24, 2.45) is 11.1 Å². The highest BCUT2D eigenvalue weighted by molar-refractivity contribution is 6.29. The zero-order chi connectivity index (χ0) is 13.3. The lowest BCUT2D eigenvalue weighted by Gasteiger charge is -2.36. The fourth-order valence-electron chi connectivity index (χ4n) is 1.04. The summed E-state index contributed by atoms with van der Waals surface area (Å²) in [5, 5.41) is 3.06. The molecule has 1 aromatic rings. The SMILES string of the molecule is CC(C)(N)C(C)(C)C(=O)Nc1cccc(Cl)n1. The van der Waals surface area contributed by atoms with Crippen LogP contribution in [0.15, 0.2) is 18.2 Å². The van der Waals surface area contributed by atoms with Gasteiger partial charge in [0.2, 0.25) is 5.91 Å². The smallest absolute Gasteiger partial charge is 0.233 e. The molecule has 0 aliphatic heterocycles. The monoisotopic (exact) mass is 255 g/mol. The summed E-state index contributed by atoms with van der Waals surface area (Å²) in [5.74, 6) is 0.250. The number of nitrogens with zero attached hydrogens (tertiary/aromatic N) is 1. The molecule has 0 aliphatic rings. The maximum absolute atomic E-state index is 12.1. The lowest BCUT2D eigenvalue weighted by atomic mass is 9.74. The molecule has 0 aromatic carbocycles. The third kappa shape index (κ3) is 3.17. The first kappa shape index (κ1) is 13.9. The summed E-state index contributed by atoms with van der Waals surface area (Å²) < 4.78 is 0. The van der Waals surface area contributed by atoms with Gasteiger partial charge in [-0.15, -0.1) is 0 Å². The lowest BCUT2D eigenvalue weighted by Crippen LogP contribution is -2.53. The molecule has 17 heavy (non-hydrogen) atoms. The standard InChI is InChI=1S/C12H18ClN3O/c1-11(2,12(3,4)14)10(17)16-9-7-5-6-8(13)15-9/h5-7H,14H2,1-4H3,(H,15,16,17). The van der Waals surface area contributed by atoms with E-state index in [1.165, 1.54) is 0 Å². The van der Waals surface area contributed by atoms with Crippen LogP contribution in [0.1, 0.15) is 27.7 Å². The van der Waals surface area contributed by atoms with Gasteiger partial charge in [0.15, 0.2) is 0 Å². The van der Waals surface area contributed by atoms with Gasteiger partial charge in [0.1, 0.15) is 11.0 Å². The van der Waals surface area contributed by atoms with Gasteiger partial charge >= 0.3 is 0 Å². The molecule has 0 spiro atoms. The predicted molar refractivity (Wildman–Crippen MR) is 69.9 cm³/mol. The number of halogens is 1. The third-order valence-corrected chi connectivity index (χ3v) is 3.35. The van der Waals surface area contributed by atoms with Crippen LogP contribution >= 0.6 is 11.6 Å². The molecule has 5 heteroatoms. The second-order valence-corrected chi connectivity index (χ2v) is 5.53. The lowest BCUT2D eigenvalue weighted by molar-refractivity contribution is -0.126. The van der Waals surface area contributed by atoms with Crippen LogP contribution < -0.4 is 11.1 Å². The van der Waals surface area contributed by atoms with Crippen LogP contribution in [-0.4, -0.2) is 16.4 Å². The summed E-state index contributed by atoms with van der Waals surface area (Å²) >= 11 is 5.75. The van der Waals surface area contributed by atoms with E-state index in [-0.39, 0.29) is 5.91 Å². The summed E-state index contributed by atoms with van der Waals surface area (Å²) in [4.78, 5) is 16.1. The molecule has 0 aliphatic carbocycles. The molecule has 4 nitrogen and oxygen atoms in total. The van der Waals surface area contributed by atoms with Crippen molar-refractivity contribution in [1.29, 1.82) is 0 Å². The van der Waals surface area contributed by atoms with E-state index in [1.54, 1.807) is 32.0 Å². The second kappa shape index (κ2) is 4.63. The van der Waals surface area contributed by atoms with Crippen molar-refractivity contribution in [3.63, 3.8) is 0 Å². The van der Waals surface area contributed by atoms with Crippen LogP contribution in [0.5, 0.6) is 0 Å². The number of pyridine rings is 1. The van der Waals surface area contributed by atoms with Gasteiger partial charge < -0.3 is 11.1 Å². The number of aromatic nitrogens is 1. The Hall–Kier alpha value is -1.13. The fraction of sp³-hybridized carbons (Fsp3) is 0.500. The van der Waals surface area contributed by atoms with Crippen molar-refractivity contribution in [2.75, 3.05) is 5.32 Å². The Morgan fingerprint density at radius 3 is 2.41 bits per heavy atom. The summed E-state index contributed by atoms with van der Waals surface area (Å²) in [7, 11) is 0. The number of nitrogens with one attached hydrogen (secondary N) is 1. The molecule has 1 heterocycles. The van der Waals surface area contributed by atoms with Crippen molar-refractivity contribution in [3.05, 3.63) is 23.4 Å². The molecule has 94 valence electrons. The van der Waals surface area contributed by atoms with E-state index in [1.807, 2.05) is 13.8 Å². The van der Waals surface area contributed by atoms with Crippen LogP contribution in [0.3, 0.4) is 0 Å². The van der Waals surface area contributed by atoms with Gasteiger partial charge in [-0.1, -0.05) is 17.7 Å². The highest BCUT2D eigenvalue weighted by Crippen LogP contribution is 2.29. The zero-order valence-electron chi connectivity index (χ0n) is 10.5. The average Bonchev–Trinajstić information content (AvgIpc) is 2.15. The predicted octanol–water partition coefficient (Wildman–Crippen LogP) is 2.44. The molecule has 1 rings (SSSR count). The Balaban J connectivity index is 2.87. The maximum atomic E-state index is 12.1. The first-order valence-electron chi connectivity index (χ1n) is 5.37. The largest absolute Gasteiger partial charge is 0.325 e. The molecule has 1 amide bonds. The van der Waals surface area contributed by atoms with Crippen LogP contribution in [-0.2, 0) is 4.79 Å². The van der Waals surface area contributed by atoms with Crippen molar-refractivity contribution in [3.8, 4) is 0 Å². The normalized spacial score (nSPS) is 12.4. The number of carbonyl (C=O) groups excluding carboxylic acids is 1. The maximum Gasteiger partial charge on any atom is 0.233 e. The van der Waals surface area contributed by atoms with Gasteiger partial charge in [-0.05, 0) is 39.8 Å². The van der Waals surface area contributed by atoms with Crippen LogP contribution in [0, 0.1) is 5.41 Å². The minimum atomic E-state index is -0.711. The fourth-order valence-corrected chi connectivity index (χ4v) is 1.21. The Morgan fingerprint density at radius 2 is 1.94 bits per heavy atom. The van der Waals surface area contributed by atoms with Crippen LogP contribution in [0.25, 0.3) is 0 Å². The topological polar surface area (TPSA) is 68.0 Å². The van der Waals surface area contributed by atoms with E-state index in [0.29, 0.717) is 11.0 Å². The van der Waals surface area contributed by atoms with Gasteiger partial charge in [0.05, 0.1) is 5.41 Å². The number of carbonyl (C=O) groups is 1. The van der Waals surface area contributed by atoms with Crippen molar-refractivity contribution >= 4 is 23.3 Å². The van der Waals surface area contributed by atoms with E-state index in [0.717, 1.165) is 0 Å². The molecular weight excluding hydrogens is 238 g/mol. The minimum Gasteiger partial charge on any atom is -0.325 e. The molecule has 3 N–H and O–H groups in total. The minimum absolute atomic E-state index is 0.181. The first-order chi connectivity index (χ1) is 7.64. The van der Waals surface area contributed by atoms with Crippen molar-refractivity contribution in [1.82, 2.24) is 4.98 Å². The quantitative estimate of drug-likeness (QED) is 0.815. The van der Waals surface area contributed by atoms with E-state index in [9.17, 15) is 4.79 Å². The van der Waals surface area contributed by atoms with E-state index in [4.69, 9.17) is 17.3 Å². The van der Waals surface area contributed by atoms with E-state index < -0.39 is 11.0 Å². The molecule has 0 unspecified atom stereocenters. The van der Waals surface area contributed by atoms with Gasteiger partial charge in [-0.2, -0.15) is 0 Å². The molecule has 1 aromatic heterocycles. The summed E-state index contributed by atoms with van der Waals surface area (Å²) in [6.45, 7) is 7.23. The van der Waals surface area contributed by atoms with Crippen molar-refractivity contribution < 1.29 is 4.79 Å². The van der Waals surface area contributed by atoms with Gasteiger partial charge in [0, 0.05) is 5.54 Å².